The Morgan fingerprint density at radius 2 is 1.77 bits per heavy atom. The number of para-hydroxylation sites is 1. The fraction of sp³-hybridized carbons (Fsp3) is 0.385. The molecule has 0 unspecified atom stereocenters. The Labute approximate surface area is 202 Å². The molecular weight excluding hydrogens is 448 g/mol. The maximum Gasteiger partial charge on any atom is 0.331 e. The van der Waals surface area contributed by atoms with Crippen LogP contribution in [0.5, 0.6) is 5.75 Å². The maximum atomic E-state index is 13.3. The van der Waals surface area contributed by atoms with Crippen molar-refractivity contribution in [2.24, 2.45) is 0 Å². The lowest BCUT2D eigenvalue weighted by Crippen LogP contribution is -2.43. The van der Waals surface area contributed by atoms with Crippen molar-refractivity contribution in [2.45, 2.75) is 58.2 Å². The van der Waals surface area contributed by atoms with Crippen molar-refractivity contribution in [2.75, 3.05) is 12.4 Å². The normalized spacial score (nSPS) is 13.7. The van der Waals surface area contributed by atoms with Crippen LogP contribution in [0.3, 0.4) is 0 Å². The third kappa shape index (κ3) is 5.45. The molecule has 1 saturated carbocycles. The van der Waals surface area contributed by atoms with Crippen LogP contribution in [0.2, 0.25) is 0 Å². The molecule has 1 heterocycles. The van der Waals surface area contributed by atoms with Gasteiger partial charge < -0.3 is 15.4 Å². The number of aromatic nitrogens is 2. The van der Waals surface area contributed by atoms with E-state index in [0.29, 0.717) is 22.3 Å². The Balaban J connectivity index is 1.60. The summed E-state index contributed by atoms with van der Waals surface area (Å²) in [6.07, 6.45) is 4.10. The van der Waals surface area contributed by atoms with Crippen molar-refractivity contribution >= 4 is 28.4 Å². The Morgan fingerprint density at radius 3 is 2.51 bits per heavy atom. The first kappa shape index (κ1) is 24.3. The number of hydrogen-bond acceptors (Lipinski definition) is 5. The predicted molar refractivity (Wildman–Crippen MR) is 134 cm³/mol. The lowest BCUT2D eigenvalue weighted by atomic mass is 10.2. The fourth-order valence-electron chi connectivity index (χ4n) is 4.56. The summed E-state index contributed by atoms with van der Waals surface area (Å²) in [5.41, 5.74) is 0.686. The molecule has 1 fully saturated rings. The Kier molecular flexibility index (Phi) is 7.33. The van der Waals surface area contributed by atoms with Crippen LogP contribution < -0.4 is 26.6 Å². The van der Waals surface area contributed by atoms with Crippen molar-refractivity contribution in [3.63, 3.8) is 0 Å². The monoisotopic (exact) mass is 478 g/mol. The van der Waals surface area contributed by atoms with Gasteiger partial charge in [0.05, 0.1) is 23.7 Å². The number of carbonyl (C=O) groups excluding carboxylic acids is 2. The van der Waals surface area contributed by atoms with E-state index in [1.807, 2.05) is 13.0 Å². The van der Waals surface area contributed by atoms with Crippen LogP contribution in [0.4, 0.5) is 5.69 Å². The lowest BCUT2D eigenvalue weighted by molar-refractivity contribution is -0.122. The van der Waals surface area contributed by atoms with Crippen LogP contribution in [0, 0.1) is 6.92 Å². The van der Waals surface area contributed by atoms with Gasteiger partial charge in [-0.05, 0) is 49.6 Å². The molecule has 2 amide bonds. The van der Waals surface area contributed by atoms with E-state index >= 15 is 0 Å². The highest BCUT2D eigenvalue weighted by Crippen LogP contribution is 2.25. The van der Waals surface area contributed by atoms with Gasteiger partial charge in [-0.2, -0.15) is 0 Å². The van der Waals surface area contributed by atoms with E-state index in [2.05, 4.69) is 10.6 Å². The zero-order chi connectivity index (χ0) is 24.9. The molecule has 184 valence electrons. The second-order valence-corrected chi connectivity index (χ2v) is 8.89. The first-order chi connectivity index (χ1) is 16.9. The molecule has 2 aromatic carbocycles. The van der Waals surface area contributed by atoms with Crippen molar-refractivity contribution in [3.8, 4) is 5.75 Å². The van der Waals surface area contributed by atoms with Gasteiger partial charge in [0.1, 0.15) is 12.3 Å². The summed E-state index contributed by atoms with van der Waals surface area (Å²) in [4.78, 5) is 51.7. The minimum absolute atomic E-state index is 0.0106. The van der Waals surface area contributed by atoms with Crippen LogP contribution in [0.1, 0.15) is 37.7 Å². The number of nitrogens with zero attached hydrogens (tertiary/aromatic N) is 2. The van der Waals surface area contributed by atoms with Gasteiger partial charge in [-0.15, -0.1) is 0 Å². The molecular formula is C26H30N4O5. The topological polar surface area (TPSA) is 111 Å². The highest BCUT2D eigenvalue weighted by molar-refractivity contribution is 5.93. The molecule has 4 rings (SSSR count). The Hall–Kier alpha value is -3.88. The second kappa shape index (κ2) is 10.6. The van der Waals surface area contributed by atoms with Gasteiger partial charge >= 0.3 is 5.69 Å². The SMILES string of the molecule is COc1ccc(C)cc1NC(=O)Cn1c(=O)n(CCC(=O)NC2CCCC2)c(=O)c2ccccc21. The van der Waals surface area contributed by atoms with E-state index in [4.69, 9.17) is 4.74 Å². The minimum atomic E-state index is -0.631. The molecule has 1 aliphatic rings. The van der Waals surface area contributed by atoms with E-state index in [0.717, 1.165) is 35.8 Å². The molecule has 0 atom stereocenters. The number of amides is 2. The Bertz CT molecular complexity index is 1370. The van der Waals surface area contributed by atoms with E-state index in [-0.39, 0.29) is 31.5 Å². The van der Waals surface area contributed by atoms with E-state index in [1.54, 1.807) is 36.4 Å². The molecule has 9 nitrogen and oxygen atoms in total. The summed E-state index contributed by atoms with van der Waals surface area (Å²) in [6.45, 7) is 1.53. The highest BCUT2D eigenvalue weighted by Gasteiger charge is 2.19. The number of carbonyl (C=O) groups is 2. The van der Waals surface area contributed by atoms with Gasteiger partial charge in [-0.25, -0.2) is 4.79 Å². The van der Waals surface area contributed by atoms with Crippen molar-refractivity contribution < 1.29 is 14.3 Å². The van der Waals surface area contributed by atoms with Crippen LogP contribution >= 0.6 is 0 Å². The lowest BCUT2D eigenvalue weighted by Gasteiger charge is -2.16. The zero-order valence-electron chi connectivity index (χ0n) is 20.0. The average molecular weight is 479 g/mol. The van der Waals surface area contributed by atoms with Gasteiger partial charge in [0.15, 0.2) is 0 Å². The average Bonchev–Trinajstić information content (AvgIpc) is 3.35. The quantitative estimate of drug-likeness (QED) is 0.517. The summed E-state index contributed by atoms with van der Waals surface area (Å²) in [5, 5.41) is 6.08. The van der Waals surface area contributed by atoms with Gasteiger partial charge in [0, 0.05) is 19.0 Å². The van der Waals surface area contributed by atoms with E-state index in [1.165, 1.54) is 11.7 Å². The summed E-state index contributed by atoms with van der Waals surface area (Å²) in [7, 11) is 1.51. The molecule has 0 saturated heterocycles. The molecule has 9 heteroatoms. The number of benzene rings is 2. The number of fused-ring (bicyclic) bond motifs is 1. The van der Waals surface area contributed by atoms with Crippen LogP contribution in [-0.2, 0) is 22.7 Å². The molecule has 2 N–H and O–H groups in total. The number of anilines is 1. The number of methoxy groups -OCH3 is 1. The van der Waals surface area contributed by atoms with Crippen molar-refractivity contribution in [3.05, 3.63) is 68.9 Å². The Morgan fingerprint density at radius 1 is 1.03 bits per heavy atom. The van der Waals surface area contributed by atoms with E-state index < -0.39 is 17.2 Å². The third-order valence-corrected chi connectivity index (χ3v) is 6.35. The predicted octanol–water partition coefficient (Wildman–Crippen LogP) is 2.57. The fourth-order valence-corrected chi connectivity index (χ4v) is 4.56. The van der Waals surface area contributed by atoms with E-state index in [9.17, 15) is 19.2 Å². The summed E-state index contributed by atoms with van der Waals surface area (Å²) in [6, 6.07) is 12.2. The molecule has 0 radical (unpaired) electrons. The summed E-state index contributed by atoms with van der Waals surface area (Å²) < 4.78 is 7.62. The maximum absolute atomic E-state index is 13.3. The molecule has 1 aromatic heterocycles. The number of hydrogen-bond donors (Lipinski definition) is 2. The van der Waals surface area contributed by atoms with Gasteiger partial charge in [0.2, 0.25) is 11.8 Å². The standard InChI is InChI=1S/C26H30N4O5/c1-17-11-12-22(35-2)20(15-17)28-24(32)16-30-21-10-6-5-9-19(21)25(33)29(26(30)34)14-13-23(31)27-18-7-3-4-8-18/h5-6,9-12,15,18H,3-4,7-8,13-14,16H2,1-2H3,(H,27,31)(H,28,32). The van der Waals surface area contributed by atoms with Crippen LogP contribution in [-0.4, -0.2) is 34.1 Å². The van der Waals surface area contributed by atoms with Crippen LogP contribution in [0.15, 0.2) is 52.1 Å². The zero-order valence-corrected chi connectivity index (χ0v) is 20.0. The van der Waals surface area contributed by atoms with Gasteiger partial charge in [-0.3, -0.25) is 23.5 Å². The number of rotatable bonds is 8. The number of aryl methyl sites for hydroxylation is 1. The molecule has 35 heavy (non-hydrogen) atoms. The molecule has 0 spiro atoms. The van der Waals surface area contributed by atoms with Gasteiger partial charge in [0.25, 0.3) is 5.56 Å². The first-order valence-corrected chi connectivity index (χ1v) is 11.8. The number of ether oxygens (including phenoxy) is 1. The third-order valence-electron chi connectivity index (χ3n) is 6.35. The van der Waals surface area contributed by atoms with Gasteiger partial charge in [-0.1, -0.05) is 31.0 Å². The molecule has 1 aliphatic carbocycles. The second-order valence-electron chi connectivity index (χ2n) is 8.89. The molecule has 0 bridgehead atoms. The molecule has 3 aromatic rings. The van der Waals surface area contributed by atoms with Crippen molar-refractivity contribution in [1.29, 1.82) is 0 Å². The largest absolute Gasteiger partial charge is 0.495 e. The van der Waals surface area contributed by atoms with Crippen LogP contribution in [0.25, 0.3) is 10.9 Å². The smallest absolute Gasteiger partial charge is 0.331 e. The first-order valence-electron chi connectivity index (χ1n) is 11.8. The summed E-state index contributed by atoms with van der Waals surface area (Å²) >= 11 is 0. The summed E-state index contributed by atoms with van der Waals surface area (Å²) in [5.74, 6) is -0.128. The minimum Gasteiger partial charge on any atom is -0.495 e. The number of nitrogens with one attached hydrogen (secondary N) is 2. The van der Waals surface area contributed by atoms with Crippen molar-refractivity contribution in [1.82, 2.24) is 14.5 Å². The highest BCUT2D eigenvalue weighted by atomic mass is 16.5. The molecule has 0 aliphatic heterocycles.